The molecule has 0 aliphatic carbocycles. The van der Waals surface area contributed by atoms with Gasteiger partial charge in [-0.25, -0.2) is 18.4 Å². The highest BCUT2D eigenvalue weighted by molar-refractivity contribution is 7.92. The van der Waals surface area contributed by atoms with Crippen LogP contribution in [0, 0.1) is 6.92 Å². The van der Waals surface area contributed by atoms with Crippen molar-refractivity contribution in [3.8, 4) is 21.1 Å². The minimum absolute atomic E-state index is 0.153. The molecule has 0 amide bonds. The zero-order chi connectivity index (χ0) is 30.7. The number of benzene rings is 4. The van der Waals surface area contributed by atoms with Crippen LogP contribution in [0.25, 0.3) is 41.6 Å². The molecule has 0 unspecified atom stereocenters. The Balaban J connectivity index is 1.25. The third-order valence-electron chi connectivity index (χ3n) is 6.48. The zero-order valence-electron chi connectivity index (χ0n) is 21.7. The first-order valence-corrected chi connectivity index (χ1v) is 16.8. The van der Waals surface area contributed by atoms with Crippen LogP contribution in [0.5, 0.6) is 0 Å². The van der Waals surface area contributed by atoms with Crippen molar-refractivity contribution in [2.45, 2.75) is 22.9 Å². The monoisotopic (exact) mass is 661 g/mol. The summed E-state index contributed by atoms with van der Waals surface area (Å²) in [4.78, 5) is 8.77. The molecule has 0 radical (unpaired) electrons. The highest BCUT2D eigenvalue weighted by Crippen LogP contribution is 2.38. The molecule has 0 bridgehead atoms. The first-order chi connectivity index (χ1) is 20.2. The van der Waals surface area contributed by atoms with Crippen LogP contribution in [0.4, 0.5) is 18.9 Å². The summed E-state index contributed by atoms with van der Waals surface area (Å²) in [5, 5.41) is 1.24. The van der Waals surface area contributed by atoms with Crippen LogP contribution in [-0.4, -0.2) is 31.4 Å². The van der Waals surface area contributed by atoms with Crippen LogP contribution in [0.15, 0.2) is 88.7 Å². The molecule has 0 atom stereocenters. The minimum atomic E-state index is -4.57. The van der Waals surface area contributed by atoms with Gasteiger partial charge in [-0.2, -0.15) is 21.6 Å². The van der Waals surface area contributed by atoms with Gasteiger partial charge < -0.3 is 0 Å². The summed E-state index contributed by atoms with van der Waals surface area (Å²) < 4.78 is 101. The maximum Gasteiger partial charge on any atom is 0.416 e. The van der Waals surface area contributed by atoms with Gasteiger partial charge in [-0.3, -0.25) is 9.27 Å². The molecule has 0 aliphatic heterocycles. The van der Waals surface area contributed by atoms with Gasteiger partial charge in [0.1, 0.15) is 14.9 Å². The average Bonchev–Trinajstić information content (AvgIpc) is 3.56. The fourth-order valence-corrected chi connectivity index (χ4v) is 8.79. The Morgan fingerprint density at radius 2 is 1.37 bits per heavy atom. The Morgan fingerprint density at radius 3 is 2.02 bits per heavy atom. The van der Waals surface area contributed by atoms with E-state index in [0.717, 1.165) is 33.7 Å². The van der Waals surface area contributed by atoms with Crippen molar-refractivity contribution in [3.63, 3.8) is 0 Å². The van der Waals surface area contributed by atoms with E-state index in [4.69, 9.17) is 0 Å². The molecule has 43 heavy (non-hydrogen) atoms. The van der Waals surface area contributed by atoms with E-state index >= 15 is 0 Å². The molecule has 0 saturated carbocycles. The number of sulfonamides is 1. The second-order valence-corrected chi connectivity index (χ2v) is 14.5. The van der Waals surface area contributed by atoms with Gasteiger partial charge in [0.2, 0.25) is 0 Å². The summed E-state index contributed by atoms with van der Waals surface area (Å²) in [6, 6.07) is 18.5. The largest absolute Gasteiger partial charge is 0.416 e. The van der Waals surface area contributed by atoms with Crippen LogP contribution in [-0.2, 0) is 26.3 Å². The molecule has 0 aliphatic rings. The van der Waals surface area contributed by atoms with Crippen molar-refractivity contribution in [2.24, 2.45) is 0 Å². The van der Waals surface area contributed by atoms with E-state index in [1.807, 2.05) is 18.2 Å². The first-order valence-electron chi connectivity index (χ1n) is 12.3. The molecule has 15 heteroatoms. The molecule has 0 saturated heterocycles. The van der Waals surface area contributed by atoms with E-state index in [2.05, 4.69) is 14.7 Å². The summed E-state index contributed by atoms with van der Waals surface area (Å²) in [7, 11) is -8.55. The molecule has 220 valence electrons. The molecule has 0 fully saturated rings. The summed E-state index contributed by atoms with van der Waals surface area (Å²) in [5.41, 5.74) is 2.34. The van der Waals surface area contributed by atoms with Crippen molar-refractivity contribution in [2.75, 3.05) is 4.72 Å². The van der Waals surface area contributed by atoms with Crippen LogP contribution in [0.3, 0.4) is 0 Å². The highest BCUT2D eigenvalue weighted by atomic mass is 32.2. The third-order valence-corrected chi connectivity index (χ3v) is 11.3. The Labute approximate surface area is 251 Å². The lowest BCUT2D eigenvalue weighted by atomic mass is 10.2. The number of aromatic nitrogens is 2. The number of anilines is 1. The van der Waals surface area contributed by atoms with Crippen molar-refractivity contribution >= 4 is 68.9 Å². The van der Waals surface area contributed by atoms with Gasteiger partial charge in [0.15, 0.2) is 0 Å². The number of alkyl halides is 3. The van der Waals surface area contributed by atoms with Crippen molar-refractivity contribution in [3.05, 3.63) is 90.0 Å². The molecule has 2 heterocycles. The minimum Gasteiger partial charge on any atom is -0.282 e. The number of rotatable bonds is 6. The predicted molar refractivity (Wildman–Crippen MR) is 160 cm³/mol. The number of hydrogen-bond acceptors (Lipinski definition) is 8. The van der Waals surface area contributed by atoms with E-state index in [1.54, 1.807) is 31.2 Å². The fourth-order valence-electron chi connectivity index (χ4n) is 4.41. The van der Waals surface area contributed by atoms with Gasteiger partial charge in [-0.05, 0) is 85.3 Å². The summed E-state index contributed by atoms with van der Waals surface area (Å²) in [6.45, 7) is 1.60. The maximum atomic E-state index is 12.8. The standard InChI is InChI=1S/C28H18F3N3O5S4/c1-15-2-12-22-24(25(15)43(37,38)39)41-27(33-22)17-5-13-21-23(14-17)40-26(32-21)16-3-8-19(9-4-16)34-42(35,36)20-10-6-18(7-11-20)28(29,30)31/h2-14,34H,1H3,(H,37,38,39). The van der Waals surface area contributed by atoms with E-state index in [9.17, 15) is 34.6 Å². The number of hydrogen-bond donors (Lipinski definition) is 2. The first kappa shape index (κ1) is 29.2. The molecule has 6 aromatic rings. The average molecular weight is 662 g/mol. The van der Waals surface area contributed by atoms with Crippen LogP contribution in [0.2, 0.25) is 0 Å². The molecule has 2 N–H and O–H groups in total. The second-order valence-electron chi connectivity index (χ2n) is 9.46. The Hall–Kier alpha value is -3.89. The van der Waals surface area contributed by atoms with Gasteiger partial charge in [-0.15, -0.1) is 22.7 Å². The number of fused-ring (bicyclic) bond motifs is 2. The quantitative estimate of drug-likeness (QED) is 0.176. The van der Waals surface area contributed by atoms with Gasteiger partial charge in [0.25, 0.3) is 20.1 Å². The molecular formula is C28H18F3N3O5S4. The Bertz CT molecular complexity index is 2240. The molecular weight excluding hydrogens is 644 g/mol. The summed E-state index contributed by atoms with van der Waals surface area (Å²) >= 11 is 2.56. The molecule has 0 spiro atoms. The molecule has 2 aromatic heterocycles. The van der Waals surface area contributed by atoms with E-state index in [0.29, 0.717) is 49.0 Å². The Morgan fingerprint density at radius 1 is 0.767 bits per heavy atom. The number of nitrogens with zero attached hydrogens (tertiary/aromatic N) is 2. The van der Waals surface area contributed by atoms with Crippen molar-refractivity contribution in [1.29, 1.82) is 0 Å². The lowest BCUT2D eigenvalue weighted by Gasteiger charge is -2.10. The molecule has 6 rings (SSSR count). The fraction of sp³-hybridized carbons (Fsp3) is 0.0714. The topological polar surface area (TPSA) is 126 Å². The lowest BCUT2D eigenvalue weighted by molar-refractivity contribution is -0.137. The van der Waals surface area contributed by atoms with Gasteiger partial charge in [0.05, 0.1) is 30.9 Å². The second kappa shape index (κ2) is 10.4. The summed E-state index contributed by atoms with van der Waals surface area (Å²) in [6.07, 6.45) is -4.57. The Kier molecular flexibility index (Phi) is 7.05. The van der Waals surface area contributed by atoms with Gasteiger partial charge in [0, 0.05) is 16.8 Å². The van der Waals surface area contributed by atoms with E-state index in [-0.39, 0.29) is 15.5 Å². The number of halogens is 3. The highest BCUT2D eigenvalue weighted by Gasteiger charge is 2.30. The number of nitrogens with one attached hydrogen (secondary N) is 1. The lowest BCUT2D eigenvalue weighted by Crippen LogP contribution is -2.13. The molecule has 4 aromatic carbocycles. The molecule has 8 nitrogen and oxygen atoms in total. The van der Waals surface area contributed by atoms with Gasteiger partial charge >= 0.3 is 6.18 Å². The zero-order valence-corrected chi connectivity index (χ0v) is 25.0. The van der Waals surface area contributed by atoms with Crippen molar-refractivity contribution < 1.29 is 34.6 Å². The van der Waals surface area contributed by atoms with Crippen LogP contribution in [0.1, 0.15) is 11.1 Å². The maximum absolute atomic E-state index is 12.8. The predicted octanol–water partition coefficient (Wildman–Crippen LogP) is 7.61. The summed E-state index contributed by atoms with van der Waals surface area (Å²) in [5.74, 6) is 0. The normalized spacial score (nSPS) is 12.7. The SMILES string of the molecule is Cc1ccc2nc(-c3ccc4nc(-c5ccc(NS(=O)(=O)c6ccc(C(F)(F)F)cc6)cc5)sc4c3)sc2c1S(=O)(=O)O. The van der Waals surface area contributed by atoms with Gasteiger partial charge in [-0.1, -0.05) is 6.07 Å². The smallest absolute Gasteiger partial charge is 0.282 e. The number of aryl methyl sites for hydroxylation is 1. The van der Waals surface area contributed by atoms with Crippen LogP contribution >= 0.6 is 22.7 Å². The van der Waals surface area contributed by atoms with Crippen molar-refractivity contribution in [1.82, 2.24) is 9.97 Å². The van der Waals surface area contributed by atoms with Crippen LogP contribution < -0.4 is 4.72 Å². The van der Waals surface area contributed by atoms with E-state index in [1.165, 1.54) is 23.5 Å². The third kappa shape index (κ3) is 5.73. The van der Waals surface area contributed by atoms with E-state index < -0.39 is 31.9 Å². The number of thiazole rings is 2.